The van der Waals surface area contributed by atoms with Crippen LogP contribution < -0.4 is 11.1 Å². The minimum atomic E-state index is -0.474. The second-order valence-corrected chi connectivity index (χ2v) is 5.63. The smallest absolute Gasteiger partial charge is 0.237 e. The first-order valence-corrected chi connectivity index (χ1v) is 7.41. The van der Waals surface area contributed by atoms with Crippen molar-refractivity contribution < 1.29 is 9.59 Å². The molecule has 1 aliphatic heterocycles. The standard InChI is InChI=1S/C17H19N3O2/c18-16(21)10-15-17(22)19-7-8-20(15)11-12-5-6-13-3-1-2-4-14(13)9-12/h1-6,9,15H,7-8,10-11H2,(H2,18,21)(H,19,22)/t15-/m0/s1. The monoisotopic (exact) mass is 297 g/mol. The molecule has 0 spiro atoms. The Morgan fingerprint density at radius 2 is 2.00 bits per heavy atom. The number of rotatable bonds is 4. The molecule has 0 bridgehead atoms. The van der Waals surface area contributed by atoms with Gasteiger partial charge in [-0.05, 0) is 22.4 Å². The van der Waals surface area contributed by atoms with E-state index >= 15 is 0 Å². The number of nitrogens with two attached hydrogens (primary N) is 1. The van der Waals surface area contributed by atoms with E-state index in [1.807, 2.05) is 17.0 Å². The molecule has 0 radical (unpaired) electrons. The summed E-state index contributed by atoms with van der Waals surface area (Å²) >= 11 is 0. The predicted octanol–water partition coefficient (Wildman–Crippen LogP) is 1.02. The Morgan fingerprint density at radius 3 is 2.77 bits per heavy atom. The number of nitrogens with zero attached hydrogens (tertiary/aromatic N) is 1. The Hall–Kier alpha value is -2.40. The average Bonchev–Trinajstić information content (AvgIpc) is 2.50. The van der Waals surface area contributed by atoms with Crippen molar-refractivity contribution in [3.05, 3.63) is 48.0 Å². The zero-order valence-electron chi connectivity index (χ0n) is 12.3. The van der Waals surface area contributed by atoms with Crippen LogP contribution in [0.25, 0.3) is 10.8 Å². The number of primary amides is 1. The van der Waals surface area contributed by atoms with Gasteiger partial charge in [0.05, 0.1) is 12.5 Å². The topological polar surface area (TPSA) is 75.4 Å². The van der Waals surface area contributed by atoms with Crippen molar-refractivity contribution in [1.82, 2.24) is 10.2 Å². The molecule has 3 N–H and O–H groups in total. The Labute approximate surface area is 129 Å². The van der Waals surface area contributed by atoms with Crippen LogP contribution in [0.2, 0.25) is 0 Å². The van der Waals surface area contributed by atoms with Gasteiger partial charge in [0, 0.05) is 19.6 Å². The molecule has 0 unspecified atom stereocenters. The van der Waals surface area contributed by atoms with E-state index in [0.29, 0.717) is 13.1 Å². The Morgan fingerprint density at radius 1 is 1.23 bits per heavy atom. The zero-order valence-corrected chi connectivity index (χ0v) is 12.3. The highest BCUT2D eigenvalue weighted by Crippen LogP contribution is 2.19. The van der Waals surface area contributed by atoms with Gasteiger partial charge in [0.1, 0.15) is 0 Å². The van der Waals surface area contributed by atoms with E-state index in [1.165, 1.54) is 10.8 Å². The van der Waals surface area contributed by atoms with Crippen LogP contribution in [0, 0.1) is 0 Å². The molecule has 1 saturated heterocycles. The molecule has 1 aliphatic rings. The number of piperazine rings is 1. The number of carbonyl (C=O) groups excluding carboxylic acids is 2. The Bertz CT molecular complexity index is 714. The summed E-state index contributed by atoms with van der Waals surface area (Å²) in [4.78, 5) is 25.2. The van der Waals surface area contributed by atoms with Crippen LogP contribution in [0.3, 0.4) is 0 Å². The number of benzene rings is 2. The number of hydrogen-bond acceptors (Lipinski definition) is 3. The summed E-state index contributed by atoms with van der Waals surface area (Å²) in [6, 6.07) is 14.0. The van der Waals surface area contributed by atoms with Gasteiger partial charge >= 0.3 is 0 Å². The summed E-state index contributed by atoms with van der Waals surface area (Å²) in [5, 5.41) is 5.16. The van der Waals surface area contributed by atoms with Gasteiger partial charge in [-0.2, -0.15) is 0 Å². The summed E-state index contributed by atoms with van der Waals surface area (Å²) in [6.07, 6.45) is 0.0550. The molecule has 3 rings (SSSR count). The van der Waals surface area contributed by atoms with Crippen LogP contribution in [0.1, 0.15) is 12.0 Å². The molecular weight excluding hydrogens is 278 g/mol. The first-order valence-electron chi connectivity index (χ1n) is 7.41. The maximum Gasteiger partial charge on any atom is 0.237 e. The molecule has 1 fully saturated rings. The van der Waals surface area contributed by atoms with Crippen LogP contribution in [0.15, 0.2) is 42.5 Å². The Balaban J connectivity index is 1.81. The van der Waals surface area contributed by atoms with Crippen molar-refractivity contribution >= 4 is 22.6 Å². The predicted molar refractivity (Wildman–Crippen MR) is 85.0 cm³/mol. The van der Waals surface area contributed by atoms with Gasteiger partial charge in [0.25, 0.3) is 0 Å². The number of carbonyl (C=O) groups is 2. The van der Waals surface area contributed by atoms with Gasteiger partial charge in [-0.25, -0.2) is 0 Å². The summed E-state index contributed by atoms with van der Waals surface area (Å²) in [5.74, 6) is -0.573. The van der Waals surface area contributed by atoms with Gasteiger partial charge in [-0.1, -0.05) is 36.4 Å². The molecule has 2 amide bonds. The van der Waals surface area contributed by atoms with Crippen molar-refractivity contribution in [2.24, 2.45) is 5.73 Å². The van der Waals surface area contributed by atoms with E-state index in [2.05, 4.69) is 35.6 Å². The molecule has 5 heteroatoms. The summed E-state index contributed by atoms with van der Waals surface area (Å²) < 4.78 is 0. The van der Waals surface area contributed by atoms with Crippen LogP contribution in [-0.2, 0) is 16.1 Å². The number of hydrogen-bond donors (Lipinski definition) is 2. The molecule has 22 heavy (non-hydrogen) atoms. The largest absolute Gasteiger partial charge is 0.370 e. The molecule has 0 aromatic heterocycles. The lowest BCUT2D eigenvalue weighted by atomic mass is 10.0. The lowest BCUT2D eigenvalue weighted by Crippen LogP contribution is -2.55. The van der Waals surface area contributed by atoms with Gasteiger partial charge in [0.2, 0.25) is 11.8 Å². The summed E-state index contributed by atoms with van der Waals surface area (Å²) in [7, 11) is 0. The van der Waals surface area contributed by atoms with Crippen molar-refractivity contribution in [1.29, 1.82) is 0 Å². The highest BCUT2D eigenvalue weighted by Gasteiger charge is 2.30. The average molecular weight is 297 g/mol. The van der Waals surface area contributed by atoms with E-state index in [0.717, 1.165) is 12.1 Å². The zero-order chi connectivity index (χ0) is 15.5. The second-order valence-electron chi connectivity index (χ2n) is 5.63. The Kier molecular flexibility index (Phi) is 4.06. The minimum Gasteiger partial charge on any atom is -0.370 e. The lowest BCUT2D eigenvalue weighted by Gasteiger charge is -2.34. The van der Waals surface area contributed by atoms with Gasteiger partial charge in [0.15, 0.2) is 0 Å². The third-order valence-electron chi connectivity index (χ3n) is 4.04. The van der Waals surface area contributed by atoms with Crippen LogP contribution in [-0.4, -0.2) is 35.8 Å². The van der Waals surface area contributed by atoms with Crippen LogP contribution in [0.5, 0.6) is 0 Å². The maximum absolute atomic E-state index is 12.0. The fourth-order valence-corrected chi connectivity index (χ4v) is 2.94. The first kappa shape index (κ1) is 14.5. The number of amides is 2. The molecule has 1 heterocycles. The maximum atomic E-state index is 12.0. The quantitative estimate of drug-likeness (QED) is 0.884. The van der Waals surface area contributed by atoms with Crippen molar-refractivity contribution in [2.75, 3.05) is 13.1 Å². The van der Waals surface area contributed by atoms with E-state index in [9.17, 15) is 9.59 Å². The van der Waals surface area contributed by atoms with Gasteiger partial charge in [-0.3, -0.25) is 14.5 Å². The van der Waals surface area contributed by atoms with Gasteiger partial charge < -0.3 is 11.1 Å². The van der Waals surface area contributed by atoms with E-state index in [4.69, 9.17) is 5.73 Å². The fraction of sp³-hybridized carbons (Fsp3) is 0.294. The fourth-order valence-electron chi connectivity index (χ4n) is 2.94. The molecular formula is C17H19N3O2. The third-order valence-corrected chi connectivity index (χ3v) is 4.04. The van der Waals surface area contributed by atoms with Crippen molar-refractivity contribution in [3.8, 4) is 0 Å². The summed E-state index contributed by atoms with van der Waals surface area (Å²) in [6.45, 7) is 1.95. The van der Waals surface area contributed by atoms with Crippen molar-refractivity contribution in [3.63, 3.8) is 0 Å². The second kappa shape index (κ2) is 6.15. The molecule has 2 aromatic carbocycles. The molecule has 2 aromatic rings. The first-order chi connectivity index (χ1) is 10.6. The normalized spacial score (nSPS) is 19.1. The SMILES string of the molecule is NC(=O)C[C@H]1C(=O)NCCN1Cc1ccc2ccccc2c1. The summed E-state index contributed by atoms with van der Waals surface area (Å²) in [5.41, 5.74) is 6.40. The highest BCUT2D eigenvalue weighted by molar-refractivity contribution is 5.88. The molecule has 0 saturated carbocycles. The van der Waals surface area contributed by atoms with Crippen molar-refractivity contribution in [2.45, 2.75) is 19.0 Å². The van der Waals surface area contributed by atoms with Crippen LogP contribution >= 0.6 is 0 Å². The lowest BCUT2D eigenvalue weighted by molar-refractivity contribution is -0.133. The highest BCUT2D eigenvalue weighted by atomic mass is 16.2. The van der Waals surface area contributed by atoms with Gasteiger partial charge in [-0.15, -0.1) is 0 Å². The molecule has 0 aliphatic carbocycles. The third kappa shape index (κ3) is 3.09. The van der Waals surface area contributed by atoms with E-state index < -0.39 is 11.9 Å². The van der Waals surface area contributed by atoms with E-state index in [-0.39, 0.29) is 12.3 Å². The number of fused-ring (bicyclic) bond motifs is 1. The number of nitrogens with one attached hydrogen (secondary N) is 1. The molecule has 114 valence electrons. The van der Waals surface area contributed by atoms with Crippen LogP contribution in [0.4, 0.5) is 0 Å². The minimum absolute atomic E-state index is 0.0550. The molecule has 1 atom stereocenters. The van der Waals surface area contributed by atoms with E-state index in [1.54, 1.807) is 0 Å². The molecule has 5 nitrogen and oxygen atoms in total.